The lowest BCUT2D eigenvalue weighted by molar-refractivity contribution is 0.585. The van der Waals surface area contributed by atoms with Gasteiger partial charge in [0.15, 0.2) is 0 Å². The Morgan fingerprint density at radius 2 is 1.79 bits per heavy atom. The van der Waals surface area contributed by atoms with Crippen molar-refractivity contribution in [3.8, 4) is 0 Å². The van der Waals surface area contributed by atoms with Gasteiger partial charge in [-0.25, -0.2) is 13.6 Å². The van der Waals surface area contributed by atoms with E-state index in [9.17, 15) is 8.42 Å². The third-order valence-electron chi connectivity index (χ3n) is 2.23. The number of hydrogen-bond acceptors (Lipinski definition) is 2. The first-order chi connectivity index (χ1) is 6.40. The van der Waals surface area contributed by atoms with Gasteiger partial charge in [-0.2, -0.15) is 0 Å². The van der Waals surface area contributed by atoms with Crippen LogP contribution in [0.15, 0.2) is 12.1 Å². The highest BCUT2D eigenvalue weighted by Gasteiger charge is 2.04. The monoisotopic (exact) mass is 216 g/mol. The summed E-state index contributed by atoms with van der Waals surface area (Å²) in [6.45, 7) is 4.72. The minimum Gasteiger partial charge on any atom is -0.349 e. The normalized spacial score (nSPS) is 11.9. The van der Waals surface area contributed by atoms with Gasteiger partial charge in [0, 0.05) is 17.9 Å². The van der Waals surface area contributed by atoms with Crippen LogP contribution in [-0.2, 0) is 16.6 Å². The van der Waals surface area contributed by atoms with Crippen molar-refractivity contribution in [3.63, 3.8) is 0 Å². The molecule has 1 aromatic rings. The zero-order valence-electron chi connectivity index (χ0n) is 8.53. The maximum Gasteiger partial charge on any atom is 0.209 e. The summed E-state index contributed by atoms with van der Waals surface area (Å²) in [4.78, 5) is 0. The molecule has 0 bridgehead atoms. The first kappa shape index (κ1) is 11.3. The Kier molecular flexibility index (Phi) is 3.34. The van der Waals surface area contributed by atoms with E-state index in [4.69, 9.17) is 5.14 Å². The van der Waals surface area contributed by atoms with Gasteiger partial charge in [0.05, 0.1) is 5.75 Å². The van der Waals surface area contributed by atoms with Crippen LogP contribution >= 0.6 is 0 Å². The molecule has 0 aromatic carbocycles. The van der Waals surface area contributed by atoms with Crippen LogP contribution < -0.4 is 5.14 Å². The Bertz CT molecular complexity index is 387. The summed E-state index contributed by atoms with van der Waals surface area (Å²) in [5, 5.41) is 4.91. The average Bonchev–Trinajstić information content (AvgIpc) is 2.33. The molecule has 1 heterocycles. The molecule has 14 heavy (non-hydrogen) atoms. The Morgan fingerprint density at radius 3 is 2.21 bits per heavy atom. The Morgan fingerprint density at radius 1 is 1.29 bits per heavy atom. The highest BCUT2D eigenvalue weighted by molar-refractivity contribution is 7.89. The van der Waals surface area contributed by atoms with E-state index in [2.05, 4.69) is 4.57 Å². The van der Waals surface area contributed by atoms with Gasteiger partial charge in [-0.3, -0.25) is 0 Å². The highest BCUT2D eigenvalue weighted by atomic mass is 32.2. The second-order valence-electron chi connectivity index (χ2n) is 3.49. The zero-order chi connectivity index (χ0) is 10.8. The molecule has 0 radical (unpaired) electrons. The second kappa shape index (κ2) is 4.14. The van der Waals surface area contributed by atoms with E-state index in [1.165, 1.54) is 0 Å². The molecule has 5 heteroatoms. The molecule has 1 aromatic heterocycles. The maximum absolute atomic E-state index is 10.7. The molecule has 4 nitrogen and oxygen atoms in total. The van der Waals surface area contributed by atoms with E-state index < -0.39 is 10.0 Å². The second-order valence-corrected chi connectivity index (χ2v) is 5.22. The number of aryl methyl sites for hydroxylation is 2. The van der Waals surface area contributed by atoms with E-state index >= 15 is 0 Å². The molecule has 0 saturated heterocycles. The Labute approximate surface area is 84.8 Å². The van der Waals surface area contributed by atoms with Gasteiger partial charge in [0.1, 0.15) is 0 Å². The largest absolute Gasteiger partial charge is 0.349 e. The van der Waals surface area contributed by atoms with Crippen molar-refractivity contribution in [2.75, 3.05) is 5.75 Å². The van der Waals surface area contributed by atoms with Crippen molar-refractivity contribution in [2.45, 2.75) is 26.8 Å². The van der Waals surface area contributed by atoms with Crippen LogP contribution in [0.3, 0.4) is 0 Å². The first-order valence-electron chi connectivity index (χ1n) is 4.53. The molecule has 0 atom stereocenters. The van der Waals surface area contributed by atoms with E-state index in [0.29, 0.717) is 13.0 Å². The smallest absolute Gasteiger partial charge is 0.209 e. The summed E-state index contributed by atoms with van der Waals surface area (Å²) in [7, 11) is -3.32. The summed E-state index contributed by atoms with van der Waals surface area (Å²) in [6.07, 6.45) is 0.565. The number of nitrogens with two attached hydrogens (primary N) is 1. The number of sulfonamides is 1. The van der Waals surface area contributed by atoms with Crippen molar-refractivity contribution in [2.24, 2.45) is 5.14 Å². The lowest BCUT2D eigenvalue weighted by Crippen LogP contribution is -2.18. The fourth-order valence-corrected chi connectivity index (χ4v) is 2.01. The SMILES string of the molecule is Cc1ccc(C)n1CCCS(N)(=O)=O. The van der Waals surface area contributed by atoms with Gasteiger partial charge in [-0.15, -0.1) is 0 Å². The summed E-state index contributed by atoms with van der Waals surface area (Å²) >= 11 is 0. The molecule has 0 amide bonds. The molecule has 0 saturated carbocycles. The van der Waals surface area contributed by atoms with Gasteiger partial charge in [0.25, 0.3) is 0 Å². The zero-order valence-corrected chi connectivity index (χ0v) is 9.34. The van der Waals surface area contributed by atoms with Gasteiger partial charge in [-0.1, -0.05) is 0 Å². The van der Waals surface area contributed by atoms with Gasteiger partial charge < -0.3 is 4.57 Å². The van der Waals surface area contributed by atoms with Crippen LogP contribution in [0.5, 0.6) is 0 Å². The molecule has 80 valence electrons. The van der Waals surface area contributed by atoms with Crippen molar-refractivity contribution < 1.29 is 8.42 Å². The summed E-state index contributed by atoms with van der Waals surface area (Å²) in [5.41, 5.74) is 2.30. The molecule has 0 spiro atoms. The lowest BCUT2D eigenvalue weighted by atomic mass is 10.4. The molecule has 0 aliphatic carbocycles. The average molecular weight is 216 g/mol. The third-order valence-corrected chi connectivity index (χ3v) is 3.09. The van der Waals surface area contributed by atoms with Crippen molar-refractivity contribution in [3.05, 3.63) is 23.5 Å². The highest BCUT2D eigenvalue weighted by Crippen LogP contribution is 2.07. The van der Waals surface area contributed by atoms with Crippen molar-refractivity contribution >= 4 is 10.0 Å². The van der Waals surface area contributed by atoms with Gasteiger partial charge in [-0.05, 0) is 32.4 Å². The standard InChI is InChI=1S/C9H16N2O2S/c1-8-4-5-9(2)11(8)6-3-7-14(10,12)13/h4-5H,3,6-7H2,1-2H3,(H2,10,12,13). The topological polar surface area (TPSA) is 65.1 Å². The van der Waals surface area contributed by atoms with Crippen LogP contribution in [0.4, 0.5) is 0 Å². The molecular formula is C9H16N2O2S. The first-order valence-corrected chi connectivity index (χ1v) is 6.25. The van der Waals surface area contributed by atoms with Crippen molar-refractivity contribution in [1.29, 1.82) is 0 Å². The predicted octanol–water partition coefficient (Wildman–Crippen LogP) is 0.784. The molecule has 2 N–H and O–H groups in total. The molecular weight excluding hydrogens is 200 g/mol. The van der Waals surface area contributed by atoms with Crippen LogP contribution in [0, 0.1) is 13.8 Å². The minimum absolute atomic E-state index is 0.0457. The number of hydrogen-bond donors (Lipinski definition) is 1. The fourth-order valence-electron chi connectivity index (χ4n) is 1.48. The predicted molar refractivity (Wildman–Crippen MR) is 56.5 cm³/mol. The fraction of sp³-hybridized carbons (Fsp3) is 0.556. The summed E-state index contributed by atoms with van der Waals surface area (Å²) in [5.74, 6) is 0.0457. The van der Waals surface area contributed by atoms with Crippen LogP contribution in [0.25, 0.3) is 0 Å². The summed E-state index contributed by atoms with van der Waals surface area (Å²) < 4.78 is 23.5. The van der Waals surface area contributed by atoms with E-state index in [-0.39, 0.29) is 5.75 Å². The van der Waals surface area contributed by atoms with E-state index in [1.807, 2.05) is 26.0 Å². The Balaban J connectivity index is 2.54. The number of aromatic nitrogens is 1. The molecule has 0 unspecified atom stereocenters. The van der Waals surface area contributed by atoms with E-state index in [1.54, 1.807) is 0 Å². The molecule has 1 rings (SSSR count). The van der Waals surface area contributed by atoms with Crippen LogP contribution in [0.2, 0.25) is 0 Å². The van der Waals surface area contributed by atoms with Crippen LogP contribution in [-0.4, -0.2) is 18.7 Å². The Hall–Kier alpha value is -0.810. The van der Waals surface area contributed by atoms with Gasteiger partial charge in [0.2, 0.25) is 10.0 Å². The van der Waals surface area contributed by atoms with E-state index in [0.717, 1.165) is 11.4 Å². The van der Waals surface area contributed by atoms with Crippen LogP contribution in [0.1, 0.15) is 17.8 Å². The number of nitrogens with zero attached hydrogens (tertiary/aromatic N) is 1. The third kappa shape index (κ3) is 3.16. The van der Waals surface area contributed by atoms with Crippen molar-refractivity contribution in [1.82, 2.24) is 4.57 Å². The molecule has 0 aliphatic heterocycles. The molecule has 0 aliphatic rings. The lowest BCUT2D eigenvalue weighted by Gasteiger charge is -2.07. The van der Waals surface area contributed by atoms with Gasteiger partial charge >= 0.3 is 0 Å². The minimum atomic E-state index is -3.32. The quantitative estimate of drug-likeness (QED) is 0.808. The maximum atomic E-state index is 10.7. The molecule has 0 fully saturated rings. The number of rotatable bonds is 4. The number of primary sulfonamides is 1. The summed E-state index contributed by atoms with van der Waals surface area (Å²) in [6, 6.07) is 4.04.